The second-order valence-corrected chi connectivity index (χ2v) is 10.2. The highest BCUT2D eigenvalue weighted by molar-refractivity contribution is 8.18. The molecule has 0 spiro atoms. The van der Waals surface area contributed by atoms with Crippen LogP contribution in [0.1, 0.15) is 78.1 Å². The molecule has 1 heterocycles. The predicted octanol–water partition coefficient (Wildman–Crippen LogP) is 4.15. The van der Waals surface area contributed by atoms with Crippen LogP contribution in [0.25, 0.3) is 0 Å². The van der Waals surface area contributed by atoms with E-state index in [0.717, 1.165) is 44.9 Å². The van der Waals surface area contributed by atoms with Crippen LogP contribution in [-0.4, -0.2) is 44.0 Å². The molecule has 23 heavy (non-hydrogen) atoms. The summed E-state index contributed by atoms with van der Waals surface area (Å²) in [5.41, 5.74) is 6.30. The van der Waals surface area contributed by atoms with E-state index in [2.05, 4.69) is 13.8 Å². The van der Waals surface area contributed by atoms with Gasteiger partial charge in [0, 0.05) is 6.04 Å². The van der Waals surface area contributed by atoms with Crippen LogP contribution in [0, 0.1) is 0 Å². The molecule has 1 saturated heterocycles. The van der Waals surface area contributed by atoms with Gasteiger partial charge >= 0.3 is 0 Å². The van der Waals surface area contributed by atoms with E-state index in [0.29, 0.717) is 12.8 Å². The number of aliphatic hydroxyl groups excluding tert-OH is 2. The number of aliphatic hydroxyl groups is 2. The van der Waals surface area contributed by atoms with Crippen LogP contribution in [-0.2, 0) is 0 Å². The maximum Gasteiger partial charge on any atom is 0.0650 e. The molecule has 138 valence electrons. The predicted molar refractivity (Wildman–Crippen MR) is 105 cm³/mol. The van der Waals surface area contributed by atoms with Crippen molar-refractivity contribution in [1.82, 2.24) is 0 Å². The molecular weight excluding hydrogens is 326 g/mol. The molecule has 0 saturated carbocycles. The van der Waals surface area contributed by atoms with Gasteiger partial charge in [0.05, 0.1) is 16.3 Å². The van der Waals surface area contributed by atoms with Crippen molar-refractivity contribution in [2.75, 3.05) is 11.5 Å². The fraction of sp³-hybridized carbons (Fsp3) is 1.00. The molecule has 0 radical (unpaired) electrons. The third-order valence-corrected chi connectivity index (χ3v) is 7.93. The lowest BCUT2D eigenvalue weighted by Gasteiger charge is -2.39. The Hall–Kier alpha value is 0.580. The fourth-order valence-electron chi connectivity index (χ4n) is 3.24. The minimum Gasteiger partial charge on any atom is -0.393 e. The minimum absolute atomic E-state index is 0.0840. The van der Waals surface area contributed by atoms with E-state index in [1.807, 2.05) is 23.5 Å². The Morgan fingerprint density at radius 3 is 2.17 bits per heavy atom. The van der Waals surface area contributed by atoms with Crippen molar-refractivity contribution in [3.05, 3.63) is 0 Å². The van der Waals surface area contributed by atoms with E-state index in [-0.39, 0.29) is 22.3 Å². The lowest BCUT2D eigenvalue weighted by molar-refractivity contribution is 0.100. The summed E-state index contributed by atoms with van der Waals surface area (Å²) in [5, 5.41) is 20.5. The lowest BCUT2D eigenvalue weighted by atomic mass is 9.99. The van der Waals surface area contributed by atoms with Gasteiger partial charge in [0.1, 0.15) is 0 Å². The van der Waals surface area contributed by atoms with E-state index in [1.54, 1.807) is 0 Å². The normalized spacial score (nSPS) is 21.8. The average Bonchev–Trinajstić information content (AvgIpc) is 2.51. The summed E-state index contributed by atoms with van der Waals surface area (Å²) >= 11 is 4.00. The van der Waals surface area contributed by atoms with Crippen LogP contribution in [0.3, 0.4) is 0 Å². The van der Waals surface area contributed by atoms with Crippen molar-refractivity contribution in [3.8, 4) is 0 Å². The zero-order valence-electron chi connectivity index (χ0n) is 15.0. The molecule has 1 fully saturated rings. The molecule has 1 aliphatic heterocycles. The molecule has 3 nitrogen and oxygen atoms in total. The third kappa shape index (κ3) is 9.01. The molecule has 0 aromatic heterocycles. The summed E-state index contributed by atoms with van der Waals surface area (Å²) in [6.07, 6.45) is 9.13. The van der Waals surface area contributed by atoms with Crippen LogP contribution in [0.5, 0.6) is 0 Å². The summed E-state index contributed by atoms with van der Waals surface area (Å²) in [6, 6.07) is 0.237. The number of hydrogen-bond donors (Lipinski definition) is 3. The van der Waals surface area contributed by atoms with Gasteiger partial charge in [-0.2, -0.15) is 0 Å². The summed E-state index contributed by atoms with van der Waals surface area (Å²) in [5.74, 6) is 2.36. The van der Waals surface area contributed by atoms with Crippen molar-refractivity contribution in [2.45, 2.75) is 100 Å². The number of thioether (sulfide) groups is 2. The molecular formula is C18H37NO2S2. The van der Waals surface area contributed by atoms with Gasteiger partial charge in [0.15, 0.2) is 0 Å². The van der Waals surface area contributed by atoms with Crippen LogP contribution in [0.2, 0.25) is 0 Å². The maximum absolute atomic E-state index is 10.5. The first kappa shape index (κ1) is 21.6. The Labute approximate surface area is 151 Å². The van der Waals surface area contributed by atoms with Gasteiger partial charge in [-0.25, -0.2) is 0 Å². The molecule has 1 aliphatic rings. The number of nitrogens with two attached hydrogens (primary N) is 1. The molecule has 0 unspecified atom stereocenters. The molecule has 0 amide bonds. The topological polar surface area (TPSA) is 66.5 Å². The maximum atomic E-state index is 10.5. The summed E-state index contributed by atoms with van der Waals surface area (Å²) in [6.45, 7) is 4.32. The monoisotopic (exact) mass is 363 g/mol. The number of rotatable bonds is 12. The minimum atomic E-state index is -0.321. The zero-order chi connectivity index (χ0) is 17.1. The number of hydrogen-bond acceptors (Lipinski definition) is 5. The first-order valence-corrected chi connectivity index (χ1v) is 11.4. The van der Waals surface area contributed by atoms with E-state index in [4.69, 9.17) is 5.73 Å². The van der Waals surface area contributed by atoms with E-state index >= 15 is 0 Å². The molecule has 0 aliphatic carbocycles. The SMILES string of the molecule is CCCC[C@H](O)CC[C@@H](O)CC1(C[C@H](N)CCC)SCCCS1. The first-order chi connectivity index (χ1) is 11.0. The largest absolute Gasteiger partial charge is 0.393 e. The highest BCUT2D eigenvalue weighted by atomic mass is 32.2. The molecule has 0 aromatic carbocycles. The Kier molecular flexibility index (Phi) is 11.3. The molecule has 5 heteroatoms. The molecule has 4 N–H and O–H groups in total. The molecule has 0 aromatic rings. The summed E-state index contributed by atoms with van der Waals surface area (Å²) < 4.78 is 0.0840. The van der Waals surface area contributed by atoms with Gasteiger partial charge in [-0.1, -0.05) is 33.1 Å². The Bertz CT molecular complexity index is 299. The Morgan fingerprint density at radius 2 is 1.57 bits per heavy atom. The fourth-order valence-corrected chi connectivity index (χ4v) is 6.86. The van der Waals surface area contributed by atoms with Gasteiger partial charge in [0.2, 0.25) is 0 Å². The van der Waals surface area contributed by atoms with Gasteiger partial charge in [-0.05, 0) is 56.5 Å². The van der Waals surface area contributed by atoms with E-state index in [1.165, 1.54) is 17.9 Å². The smallest absolute Gasteiger partial charge is 0.0650 e. The number of unbranched alkanes of at least 4 members (excludes halogenated alkanes) is 1. The summed E-state index contributed by atoms with van der Waals surface area (Å²) in [4.78, 5) is 0. The zero-order valence-corrected chi connectivity index (χ0v) is 16.6. The van der Waals surface area contributed by atoms with Gasteiger partial charge in [-0.15, -0.1) is 23.5 Å². The van der Waals surface area contributed by atoms with Gasteiger partial charge < -0.3 is 15.9 Å². The van der Waals surface area contributed by atoms with Crippen LogP contribution in [0.15, 0.2) is 0 Å². The second-order valence-electron chi connectivity index (χ2n) is 6.95. The third-order valence-electron chi connectivity index (χ3n) is 4.52. The van der Waals surface area contributed by atoms with Gasteiger partial charge in [-0.3, -0.25) is 0 Å². The average molecular weight is 364 g/mol. The van der Waals surface area contributed by atoms with Crippen LogP contribution in [0.4, 0.5) is 0 Å². The molecule has 1 rings (SSSR count). The molecule has 3 atom stereocenters. The van der Waals surface area contributed by atoms with Crippen molar-refractivity contribution in [1.29, 1.82) is 0 Å². The molecule has 0 bridgehead atoms. The quantitative estimate of drug-likeness (QED) is 0.486. The van der Waals surface area contributed by atoms with Crippen molar-refractivity contribution >= 4 is 23.5 Å². The Balaban J connectivity index is 2.45. The van der Waals surface area contributed by atoms with Crippen LogP contribution < -0.4 is 5.73 Å². The summed E-state index contributed by atoms with van der Waals surface area (Å²) in [7, 11) is 0. The van der Waals surface area contributed by atoms with Crippen molar-refractivity contribution < 1.29 is 10.2 Å². The Morgan fingerprint density at radius 1 is 0.913 bits per heavy atom. The highest BCUT2D eigenvalue weighted by Crippen LogP contribution is 2.49. The van der Waals surface area contributed by atoms with E-state index < -0.39 is 0 Å². The first-order valence-electron chi connectivity index (χ1n) is 9.41. The highest BCUT2D eigenvalue weighted by Gasteiger charge is 2.37. The van der Waals surface area contributed by atoms with Gasteiger partial charge in [0.25, 0.3) is 0 Å². The van der Waals surface area contributed by atoms with Crippen molar-refractivity contribution in [3.63, 3.8) is 0 Å². The lowest BCUT2D eigenvalue weighted by Crippen LogP contribution is -2.37. The van der Waals surface area contributed by atoms with Crippen LogP contribution >= 0.6 is 23.5 Å². The standard InChI is InChI=1S/C18H37NO2S2/c1-3-5-8-16(20)9-10-17(21)14-18(13-15(19)7-4-2)22-11-6-12-23-18/h15-17,20-21H,3-14,19H2,1-2H3/t15-,16+,17-/m1/s1. The second kappa shape index (κ2) is 12.0. The van der Waals surface area contributed by atoms with Crippen molar-refractivity contribution in [2.24, 2.45) is 5.73 Å². The van der Waals surface area contributed by atoms with E-state index in [9.17, 15) is 10.2 Å².